The Labute approximate surface area is 80.7 Å². The average molecular weight is 178 g/mol. The van der Waals surface area contributed by atoms with Gasteiger partial charge in [0, 0.05) is 0 Å². The summed E-state index contributed by atoms with van der Waals surface area (Å²) in [6, 6.07) is 4.36. The minimum Gasteiger partial charge on any atom is -0.496 e. The second-order valence-electron chi connectivity index (χ2n) is 3.50. The van der Waals surface area contributed by atoms with Crippen LogP contribution < -0.4 is 4.74 Å². The van der Waals surface area contributed by atoms with Gasteiger partial charge in [0.1, 0.15) is 5.75 Å². The first-order chi connectivity index (χ1) is 6.19. The second-order valence-corrected chi connectivity index (χ2v) is 3.50. The molecule has 0 radical (unpaired) electrons. The van der Waals surface area contributed by atoms with Gasteiger partial charge in [0.2, 0.25) is 0 Å². The molecule has 1 heteroatoms. The number of hydrogen-bond acceptors (Lipinski definition) is 1. The Bertz CT molecular complexity index is 289. The van der Waals surface area contributed by atoms with Crippen LogP contribution in [0.2, 0.25) is 0 Å². The molecule has 0 aliphatic rings. The van der Waals surface area contributed by atoms with E-state index in [0.717, 1.165) is 12.2 Å². The molecule has 0 fully saturated rings. The summed E-state index contributed by atoms with van der Waals surface area (Å²) in [5.74, 6) is 1.03. The molecule has 1 aromatic carbocycles. The van der Waals surface area contributed by atoms with Gasteiger partial charge < -0.3 is 4.74 Å². The molecule has 72 valence electrons. The highest BCUT2D eigenvalue weighted by atomic mass is 16.5. The number of methoxy groups -OCH3 is 1. The molecular weight excluding hydrogens is 160 g/mol. The van der Waals surface area contributed by atoms with Crippen LogP contribution >= 0.6 is 0 Å². The molecule has 13 heavy (non-hydrogen) atoms. The summed E-state index contributed by atoms with van der Waals surface area (Å²) in [4.78, 5) is 0. The topological polar surface area (TPSA) is 9.23 Å². The normalized spacial score (nSPS) is 10.2. The van der Waals surface area contributed by atoms with E-state index in [1.807, 2.05) is 0 Å². The molecule has 0 saturated carbocycles. The first-order valence-electron chi connectivity index (χ1n) is 4.83. The van der Waals surface area contributed by atoms with Crippen molar-refractivity contribution in [3.8, 4) is 5.75 Å². The molecule has 0 unspecified atom stereocenters. The number of aryl methyl sites for hydroxylation is 3. The Kier molecular flexibility index (Phi) is 3.35. The molecule has 1 nitrogen and oxygen atoms in total. The summed E-state index contributed by atoms with van der Waals surface area (Å²) >= 11 is 0. The maximum Gasteiger partial charge on any atom is 0.122 e. The van der Waals surface area contributed by atoms with Gasteiger partial charge in [-0.15, -0.1) is 0 Å². The molecule has 0 bridgehead atoms. The first kappa shape index (κ1) is 10.1. The van der Waals surface area contributed by atoms with Crippen molar-refractivity contribution in [3.05, 3.63) is 28.8 Å². The van der Waals surface area contributed by atoms with Gasteiger partial charge in [-0.2, -0.15) is 0 Å². The molecular formula is C12H18O. The van der Waals surface area contributed by atoms with Crippen molar-refractivity contribution in [2.45, 2.75) is 33.6 Å². The predicted molar refractivity (Wildman–Crippen MR) is 56.5 cm³/mol. The van der Waals surface area contributed by atoms with Crippen molar-refractivity contribution in [1.82, 2.24) is 0 Å². The van der Waals surface area contributed by atoms with Crippen LogP contribution in [0.15, 0.2) is 12.1 Å². The maximum atomic E-state index is 5.33. The highest BCUT2D eigenvalue weighted by Gasteiger charge is 2.04. The monoisotopic (exact) mass is 178 g/mol. The van der Waals surface area contributed by atoms with E-state index in [9.17, 15) is 0 Å². The fourth-order valence-corrected chi connectivity index (χ4v) is 1.50. The number of ether oxygens (including phenoxy) is 1. The zero-order chi connectivity index (χ0) is 9.84. The standard InChI is InChI=1S/C12H18O/c1-5-6-11-7-9(2)10(3)8-12(11)13-4/h7-8H,5-6H2,1-4H3. The third kappa shape index (κ3) is 2.24. The molecule has 0 aromatic heterocycles. The molecule has 0 saturated heterocycles. The summed E-state index contributed by atoms with van der Waals surface area (Å²) < 4.78 is 5.33. The minimum atomic E-state index is 1.03. The number of hydrogen-bond donors (Lipinski definition) is 0. The predicted octanol–water partition coefficient (Wildman–Crippen LogP) is 3.26. The van der Waals surface area contributed by atoms with E-state index >= 15 is 0 Å². The zero-order valence-corrected chi connectivity index (χ0v) is 8.98. The quantitative estimate of drug-likeness (QED) is 0.690. The lowest BCUT2D eigenvalue weighted by molar-refractivity contribution is 0.409. The highest BCUT2D eigenvalue weighted by molar-refractivity contribution is 5.41. The first-order valence-corrected chi connectivity index (χ1v) is 4.83. The van der Waals surface area contributed by atoms with Crippen molar-refractivity contribution < 1.29 is 4.74 Å². The van der Waals surface area contributed by atoms with Crippen LogP contribution in [0, 0.1) is 13.8 Å². The smallest absolute Gasteiger partial charge is 0.122 e. The Morgan fingerprint density at radius 2 is 1.77 bits per heavy atom. The van der Waals surface area contributed by atoms with E-state index < -0.39 is 0 Å². The molecule has 0 heterocycles. The van der Waals surface area contributed by atoms with E-state index in [0.29, 0.717) is 0 Å². The van der Waals surface area contributed by atoms with Gasteiger partial charge in [-0.1, -0.05) is 19.4 Å². The summed E-state index contributed by atoms with van der Waals surface area (Å²) in [5, 5.41) is 0. The lowest BCUT2D eigenvalue weighted by Crippen LogP contribution is -1.94. The van der Waals surface area contributed by atoms with E-state index in [2.05, 4.69) is 32.9 Å². The summed E-state index contributed by atoms with van der Waals surface area (Å²) in [5.41, 5.74) is 3.98. The van der Waals surface area contributed by atoms with Crippen LogP contribution in [0.1, 0.15) is 30.0 Å². The van der Waals surface area contributed by atoms with Crippen molar-refractivity contribution in [2.75, 3.05) is 7.11 Å². The van der Waals surface area contributed by atoms with Crippen LogP contribution in [0.25, 0.3) is 0 Å². The van der Waals surface area contributed by atoms with Gasteiger partial charge in [0.05, 0.1) is 7.11 Å². The van der Waals surface area contributed by atoms with Gasteiger partial charge in [0.15, 0.2) is 0 Å². The summed E-state index contributed by atoms with van der Waals surface area (Å²) in [6.45, 7) is 6.45. The lowest BCUT2D eigenvalue weighted by Gasteiger charge is -2.10. The average Bonchev–Trinajstić information content (AvgIpc) is 2.11. The maximum absolute atomic E-state index is 5.33. The molecule has 1 rings (SSSR count). The molecule has 0 aliphatic heterocycles. The largest absolute Gasteiger partial charge is 0.496 e. The molecule has 0 spiro atoms. The Morgan fingerprint density at radius 1 is 1.15 bits per heavy atom. The van der Waals surface area contributed by atoms with E-state index in [1.165, 1.54) is 23.1 Å². The molecule has 0 amide bonds. The molecule has 0 atom stereocenters. The third-order valence-corrected chi connectivity index (χ3v) is 2.42. The fraction of sp³-hybridized carbons (Fsp3) is 0.500. The lowest BCUT2D eigenvalue weighted by atomic mass is 10.0. The van der Waals surface area contributed by atoms with Crippen molar-refractivity contribution in [3.63, 3.8) is 0 Å². The van der Waals surface area contributed by atoms with Crippen LogP contribution in [-0.4, -0.2) is 7.11 Å². The number of rotatable bonds is 3. The van der Waals surface area contributed by atoms with Gasteiger partial charge >= 0.3 is 0 Å². The van der Waals surface area contributed by atoms with Crippen molar-refractivity contribution in [1.29, 1.82) is 0 Å². The third-order valence-electron chi connectivity index (χ3n) is 2.42. The van der Waals surface area contributed by atoms with Crippen LogP contribution in [0.3, 0.4) is 0 Å². The van der Waals surface area contributed by atoms with E-state index in [-0.39, 0.29) is 0 Å². The Hall–Kier alpha value is -0.980. The SMILES string of the molecule is CCCc1cc(C)c(C)cc1OC. The van der Waals surface area contributed by atoms with Gasteiger partial charge in [-0.3, -0.25) is 0 Å². The minimum absolute atomic E-state index is 1.03. The van der Waals surface area contributed by atoms with Crippen LogP contribution in [0.5, 0.6) is 5.75 Å². The summed E-state index contributed by atoms with van der Waals surface area (Å²) in [6.07, 6.45) is 2.27. The van der Waals surface area contributed by atoms with Crippen molar-refractivity contribution in [2.24, 2.45) is 0 Å². The van der Waals surface area contributed by atoms with E-state index in [1.54, 1.807) is 7.11 Å². The molecule has 1 aromatic rings. The van der Waals surface area contributed by atoms with Crippen LogP contribution in [0.4, 0.5) is 0 Å². The molecule has 0 aliphatic carbocycles. The Balaban J connectivity index is 3.09. The Morgan fingerprint density at radius 3 is 2.31 bits per heavy atom. The zero-order valence-electron chi connectivity index (χ0n) is 8.98. The van der Waals surface area contributed by atoms with Gasteiger partial charge in [0.25, 0.3) is 0 Å². The molecule has 0 N–H and O–H groups in total. The van der Waals surface area contributed by atoms with Crippen LogP contribution in [-0.2, 0) is 6.42 Å². The van der Waals surface area contributed by atoms with Gasteiger partial charge in [-0.05, 0) is 43.0 Å². The van der Waals surface area contributed by atoms with E-state index in [4.69, 9.17) is 4.74 Å². The number of benzene rings is 1. The van der Waals surface area contributed by atoms with Crippen molar-refractivity contribution >= 4 is 0 Å². The van der Waals surface area contributed by atoms with Gasteiger partial charge in [-0.25, -0.2) is 0 Å². The fourth-order valence-electron chi connectivity index (χ4n) is 1.50. The summed E-state index contributed by atoms with van der Waals surface area (Å²) in [7, 11) is 1.74. The highest BCUT2D eigenvalue weighted by Crippen LogP contribution is 2.23. The second kappa shape index (κ2) is 4.31.